The molecule has 1 heterocycles. The lowest BCUT2D eigenvalue weighted by molar-refractivity contribution is -0.179. The molecule has 0 aromatic heterocycles. The number of rotatable bonds is 12. The quantitative estimate of drug-likeness (QED) is 0.201. The first-order valence-corrected chi connectivity index (χ1v) is 15.3. The lowest BCUT2D eigenvalue weighted by Crippen LogP contribution is -2.46. The fraction of sp³-hybridized carbons (Fsp3) is 0.846. The molecule has 4 aliphatic rings. The van der Waals surface area contributed by atoms with E-state index in [0.29, 0.717) is 13.3 Å². The van der Waals surface area contributed by atoms with Crippen molar-refractivity contribution >= 4 is 34.0 Å². The van der Waals surface area contributed by atoms with Crippen LogP contribution < -0.4 is 0 Å². The minimum absolute atomic E-state index is 0.306. The van der Waals surface area contributed by atoms with E-state index < -0.39 is 93.8 Å². The summed E-state index contributed by atoms with van der Waals surface area (Å²) in [5.74, 6) is -5.50. The Bertz CT molecular complexity index is 1120. The number of unbranched alkanes of at least 4 members (excludes halogenated alkanes) is 1. The summed E-state index contributed by atoms with van der Waals surface area (Å²) >= 11 is 0. The maximum atomic E-state index is 13.6. The van der Waals surface area contributed by atoms with Gasteiger partial charge in [-0.2, -0.15) is 17.2 Å². The minimum Gasteiger partial charge on any atom is -0.459 e. The molecule has 1 N–H and O–H groups in total. The largest absolute Gasteiger partial charge is 0.459 e. The van der Waals surface area contributed by atoms with Crippen molar-refractivity contribution in [1.29, 1.82) is 0 Å². The molecule has 7 atom stereocenters. The molecule has 0 amide bonds. The van der Waals surface area contributed by atoms with Gasteiger partial charge in [-0.05, 0) is 51.9 Å². The van der Waals surface area contributed by atoms with Crippen molar-refractivity contribution in [3.63, 3.8) is 0 Å². The number of ether oxygens (including phenoxy) is 4. The van der Waals surface area contributed by atoms with Crippen LogP contribution in [0.15, 0.2) is 0 Å². The normalized spacial score (nSPS) is 31.4. The summed E-state index contributed by atoms with van der Waals surface area (Å²) in [5, 5.41) is -4.73. The molecule has 11 nitrogen and oxygen atoms in total. The summed E-state index contributed by atoms with van der Waals surface area (Å²) in [6.07, 6.45) is 2.13. The van der Waals surface area contributed by atoms with Gasteiger partial charge >= 0.3 is 39.2 Å². The number of carbonyl (C=O) groups is 4. The maximum Gasteiger partial charge on any atom is 0.405 e. The predicted molar refractivity (Wildman–Crippen MR) is 131 cm³/mol. The first-order chi connectivity index (χ1) is 18.7. The van der Waals surface area contributed by atoms with Gasteiger partial charge in [-0.15, -0.1) is 0 Å². The molecule has 40 heavy (non-hydrogen) atoms. The summed E-state index contributed by atoms with van der Waals surface area (Å²) in [7, 11) is -5.82. The fourth-order valence-corrected chi connectivity index (χ4v) is 7.27. The SMILES string of the molecule is CCCCC1(OC(=O)C2C3CC4C(OC(=O)C42)C3OC(=O)CCC(=O)OC(C)C(F)(F)S(=O)(=O)O)CCCCC1. The van der Waals surface area contributed by atoms with Gasteiger partial charge in [-0.1, -0.05) is 19.8 Å². The van der Waals surface area contributed by atoms with Crippen LogP contribution in [0.4, 0.5) is 8.78 Å². The summed E-state index contributed by atoms with van der Waals surface area (Å²) in [5.41, 5.74) is -0.565. The fourth-order valence-electron chi connectivity index (χ4n) is 6.80. The smallest absolute Gasteiger partial charge is 0.405 e. The van der Waals surface area contributed by atoms with Crippen LogP contribution in [0, 0.1) is 23.7 Å². The Morgan fingerprint density at radius 1 is 1.12 bits per heavy atom. The molecule has 226 valence electrons. The maximum absolute atomic E-state index is 13.6. The number of carbonyl (C=O) groups excluding carboxylic acids is 4. The molecule has 1 aliphatic heterocycles. The molecule has 3 saturated carbocycles. The van der Waals surface area contributed by atoms with Gasteiger partial charge in [0.15, 0.2) is 6.10 Å². The molecular formula is C26H36F2O11S. The highest BCUT2D eigenvalue weighted by Gasteiger charge is 2.70. The highest BCUT2D eigenvalue weighted by molar-refractivity contribution is 7.86. The van der Waals surface area contributed by atoms with Gasteiger partial charge in [0.05, 0.1) is 24.7 Å². The average molecular weight is 595 g/mol. The van der Waals surface area contributed by atoms with Crippen molar-refractivity contribution in [3.05, 3.63) is 0 Å². The topological polar surface area (TPSA) is 160 Å². The Morgan fingerprint density at radius 3 is 2.40 bits per heavy atom. The highest BCUT2D eigenvalue weighted by Crippen LogP contribution is 2.59. The van der Waals surface area contributed by atoms with Gasteiger partial charge in [0.1, 0.15) is 17.8 Å². The third kappa shape index (κ3) is 5.83. The van der Waals surface area contributed by atoms with Gasteiger partial charge in [0.25, 0.3) is 0 Å². The van der Waals surface area contributed by atoms with Crippen LogP contribution in [0.25, 0.3) is 0 Å². The predicted octanol–water partition coefficient (Wildman–Crippen LogP) is 3.33. The van der Waals surface area contributed by atoms with Crippen molar-refractivity contribution in [2.45, 2.75) is 114 Å². The lowest BCUT2D eigenvalue weighted by Gasteiger charge is -2.39. The van der Waals surface area contributed by atoms with Crippen LogP contribution in [0.3, 0.4) is 0 Å². The summed E-state index contributed by atoms with van der Waals surface area (Å²) < 4.78 is 79.0. The second-order valence-corrected chi connectivity index (χ2v) is 12.9. The van der Waals surface area contributed by atoms with E-state index in [2.05, 4.69) is 11.7 Å². The van der Waals surface area contributed by atoms with E-state index in [1.807, 2.05) is 0 Å². The molecule has 4 rings (SSSR count). The molecule has 4 fully saturated rings. The van der Waals surface area contributed by atoms with E-state index in [4.69, 9.17) is 18.8 Å². The minimum atomic E-state index is -5.82. The van der Waals surface area contributed by atoms with Crippen LogP contribution >= 0.6 is 0 Å². The van der Waals surface area contributed by atoms with Crippen LogP contribution in [0.2, 0.25) is 0 Å². The van der Waals surface area contributed by atoms with Crippen LogP contribution in [0.5, 0.6) is 0 Å². The van der Waals surface area contributed by atoms with Gasteiger partial charge < -0.3 is 18.9 Å². The standard InChI is InChI=1S/C26H36F2O11S/c1-3-4-10-25(11-6-5-7-12-25)39-24(32)20-16-13-15-19(20)23(31)38-22(15)21(16)37-18(30)9-8-17(29)36-14(2)26(27,28)40(33,34)35/h14-16,19-22H,3-13H2,1-2H3,(H,33,34,35). The van der Waals surface area contributed by atoms with Crippen LogP contribution in [0.1, 0.15) is 84.5 Å². The first-order valence-electron chi connectivity index (χ1n) is 13.9. The number of halogens is 2. The Kier molecular flexibility index (Phi) is 8.80. The van der Waals surface area contributed by atoms with Gasteiger partial charge in [-0.3, -0.25) is 23.7 Å². The second-order valence-electron chi connectivity index (χ2n) is 11.4. The number of hydrogen-bond donors (Lipinski definition) is 1. The van der Waals surface area contributed by atoms with Crippen molar-refractivity contribution in [1.82, 2.24) is 0 Å². The van der Waals surface area contributed by atoms with Crippen molar-refractivity contribution in [3.8, 4) is 0 Å². The molecule has 0 aromatic carbocycles. The zero-order valence-electron chi connectivity index (χ0n) is 22.5. The van der Waals surface area contributed by atoms with Crippen molar-refractivity contribution < 1.29 is 59.9 Å². The Labute approximate surface area is 231 Å². The van der Waals surface area contributed by atoms with E-state index in [1.54, 1.807) is 0 Å². The van der Waals surface area contributed by atoms with Crippen LogP contribution in [-0.4, -0.2) is 66.0 Å². The molecule has 0 aromatic rings. The third-order valence-electron chi connectivity index (χ3n) is 8.81. The third-order valence-corrected chi connectivity index (χ3v) is 9.83. The van der Waals surface area contributed by atoms with Gasteiger partial charge in [-0.25, -0.2) is 0 Å². The second kappa shape index (κ2) is 11.5. The number of alkyl halides is 2. The molecule has 0 spiro atoms. The molecule has 2 bridgehead atoms. The first kappa shape index (κ1) is 30.6. The Balaban J connectivity index is 1.37. The zero-order valence-corrected chi connectivity index (χ0v) is 23.3. The molecule has 14 heteroatoms. The van der Waals surface area contributed by atoms with E-state index in [1.165, 1.54) is 0 Å². The van der Waals surface area contributed by atoms with Crippen molar-refractivity contribution in [2.75, 3.05) is 0 Å². The molecule has 3 aliphatic carbocycles. The van der Waals surface area contributed by atoms with Gasteiger partial charge in [0.2, 0.25) is 0 Å². The molecule has 1 saturated heterocycles. The zero-order chi connectivity index (χ0) is 29.5. The lowest BCUT2D eigenvalue weighted by atomic mass is 9.77. The monoisotopic (exact) mass is 594 g/mol. The number of fused-ring (bicyclic) bond motifs is 1. The number of hydrogen-bond acceptors (Lipinski definition) is 10. The van der Waals surface area contributed by atoms with E-state index in [0.717, 1.165) is 51.4 Å². The summed E-state index contributed by atoms with van der Waals surface area (Å²) in [4.78, 5) is 50.8. The van der Waals surface area contributed by atoms with Gasteiger partial charge in [0, 0.05) is 11.8 Å². The summed E-state index contributed by atoms with van der Waals surface area (Å²) in [6, 6.07) is 0. The van der Waals surface area contributed by atoms with Crippen molar-refractivity contribution in [2.24, 2.45) is 23.7 Å². The molecular weight excluding hydrogens is 558 g/mol. The highest BCUT2D eigenvalue weighted by atomic mass is 32.2. The molecule has 0 radical (unpaired) electrons. The Morgan fingerprint density at radius 2 is 1.77 bits per heavy atom. The van der Waals surface area contributed by atoms with E-state index in [-0.39, 0.29) is 5.92 Å². The Hall–Kier alpha value is -2.35. The summed E-state index contributed by atoms with van der Waals surface area (Å²) in [6.45, 7) is 2.65. The van der Waals surface area contributed by atoms with E-state index >= 15 is 0 Å². The van der Waals surface area contributed by atoms with Crippen LogP contribution in [-0.2, 0) is 48.2 Å². The average Bonchev–Trinajstić information content (AvgIpc) is 3.50. The molecule has 7 unspecified atom stereocenters. The van der Waals surface area contributed by atoms with E-state index in [9.17, 15) is 36.4 Å². The number of esters is 4.